The van der Waals surface area contributed by atoms with Gasteiger partial charge in [-0.25, -0.2) is 0 Å². The summed E-state index contributed by atoms with van der Waals surface area (Å²) in [5, 5.41) is 5.90. The van der Waals surface area contributed by atoms with Crippen molar-refractivity contribution in [3.8, 4) is 0 Å². The van der Waals surface area contributed by atoms with Gasteiger partial charge >= 0.3 is 0 Å². The Morgan fingerprint density at radius 2 is 1.68 bits per heavy atom. The summed E-state index contributed by atoms with van der Waals surface area (Å²) < 4.78 is 3.50. The van der Waals surface area contributed by atoms with Gasteiger partial charge in [0.25, 0.3) is 0 Å². The molecule has 0 radical (unpaired) electrons. The molecule has 0 nitrogen and oxygen atoms in total. The van der Waals surface area contributed by atoms with Crippen molar-refractivity contribution in [3.63, 3.8) is 0 Å². The zero-order valence-corrected chi connectivity index (χ0v) is 12.9. The number of hydrogen-bond donors (Lipinski definition) is 0. The third-order valence-corrected chi connectivity index (χ3v) is 5.54. The Hall–Kier alpha value is -1.09. The van der Waals surface area contributed by atoms with E-state index in [0.717, 1.165) is 14.2 Å². The smallest absolute Gasteiger partial charge is 0.0595 e. The molecule has 3 heteroatoms. The van der Waals surface area contributed by atoms with Crippen molar-refractivity contribution < 1.29 is 0 Å². The molecule has 0 unspecified atom stereocenters. The standard InChI is InChI=1S/C16H8BrClS/c17-10-7-13-12-6-5-9-3-1-2-4-11(9)15(12)19-16(13)14(18)8-10/h1-8H. The largest absolute Gasteiger partial charge is 0.133 e. The maximum absolute atomic E-state index is 6.37. The molecule has 0 fully saturated rings. The first-order valence-electron chi connectivity index (χ1n) is 5.93. The molecular weight excluding hydrogens is 340 g/mol. The third kappa shape index (κ3) is 1.71. The zero-order chi connectivity index (χ0) is 13.0. The molecule has 0 aliphatic rings. The minimum absolute atomic E-state index is 0.814. The first-order valence-corrected chi connectivity index (χ1v) is 7.92. The highest BCUT2D eigenvalue weighted by Gasteiger charge is 2.11. The first-order chi connectivity index (χ1) is 9.24. The summed E-state index contributed by atoms with van der Waals surface area (Å²) in [6, 6.07) is 17.0. The summed E-state index contributed by atoms with van der Waals surface area (Å²) in [5.41, 5.74) is 0. The number of benzene rings is 3. The molecule has 0 saturated heterocycles. The van der Waals surface area contributed by atoms with E-state index in [0.29, 0.717) is 0 Å². The van der Waals surface area contributed by atoms with E-state index in [4.69, 9.17) is 11.6 Å². The molecule has 1 heterocycles. The Morgan fingerprint density at radius 1 is 0.842 bits per heavy atom. The first kappa shape index (κ1) is 11.7. The van der Waals surface area contributed by atoms with E-state index in [1.165, 1.54) is 26.2 Å². The fourth-order valence-electron chi connectivity index (χ4n) is 2.53. The second-order valence-electron chi connectivity index (χ2n) is 4.53. The number of thiophene rings is 1. The Labute approximate surface area is 127 Å². The minimum Gasteiger partial charge on any atom is -0.133 e. The van der Waals surface area contributed by atoms with Crippen LogP contribution in [0.25, 0.3) is 30.9 Å². The van der Waals surface area contributed by atoms with Crippen molar-refractivity contribution >= 4 is 69.8 Å². The molecule has 0 saturated carbocycles. The molecule has 3 aromatic carbocycles. The molecule has 92 valence electrons. The molecule has 4 aromatic rings. The molecule has 0 bridgehead atoms. The van der Waals surface area contributed by atoms with Crippen LogP contribution < -0.4 is 0 Å². The topological polar surface area (TPSA) is 0 Å². The van der Waals surface area contributed by atoms with Crippen LogP contribution in [0.3, 0.4) is 0 Å². The van der Waals surface area contributed by atoms with Crippen LogP contribution in [0.15, 0.2) is 53.0 Å². The van der Waals surface area contributed by atoms with Gasteiger partial charge in [0.15, 0.2) is 0 Å². The second kappa shape index (κ2) is 4.20. The van der Waals surface area contributed by atoms with Crippen LogP contribution in [0.1, 0.15) is 0 Å². The van der Waals surface area contributed by atoms with Crippen LogP contribution in [-0.2, 0) is 0 Å². The van der Waals surface area contributed by atoms with Gasteiger partial charge in [0.1, 0.15) is 0 Å². The summed E-state index contributed by atoms with van der Waals surface area (Å²) in [5.74, 6) is 0. The second-order valence-corrected chi connectivity index (χ2v) is 6.87. The van der Waals surface area contributed by atoms with Crippen molar-refractivity contribution in [2.45, 2.75) is 0 Å². The maximum Gasteiger partial charge on any atom is 0.0595 e. The zero-order valence-electron chi connectivity index (χ0n) is 9.78. The van der Waals surface area contributed by atoms with Gasteiger partial charge in [-0.05, 0) is 22.9 Å². The predicted molar refractivity (Wildman–Crippen MR) is 89.5 cm³/mol. The lowest BCUT2D eigenvalue weighted by atomic mass is 10.1. The van der Waals surface area contributed by atoms with Crippen molar-refractivity contribution in [3.05, 3.63) is 58.0 Å². The van der Waals surface area contributed by atoms with E-state index >= 15 is 0 Å². The number of halogens is 2. The van der Waals surface area contributed by atoms with Gasteiger partial charge in [-0.3, -0.25) is 0 Å². The van der Waals surface area contributed by atoms with Crippen LogP contribution in [-0.4, -0.2) is 0 Å². The lowest BCUT2D eigenvalue weighted by Gasteiger charge is -1.99. The van der Waals surface area contributed by atoms with Crippen LogP contribution in [0.4, 0.5) is 0 Å². The van der Waals surface area contributed by atoms with Crippen LogP contribution in [0, 0.1) is 0 Å². The maximum atomic E-state index is 6.37. The molecule has 0 aliphatic carbocycles. The van der Waals surface area contributed by atoms with E-state index in [1.807, 2.05) is 6.07 Å². The molecular formula is C16H8BrClS. The van der Waals surface area contributed by atoms with Gasteiger partial charge in [-0.15, -0.1) is 11.3 Å². The summed E-state index contributed by atoms with van der Waals surface area (Å²) in [4.78, 5) is 0. The number of rotatable bonds is 0. The Bertz CT molecular complexity index is 940. The highest BCUT2D eigenvalue weighted by atomic mass is 79.9. The molecule has 19 heavy (non-hydrogen) atoms. The highest BCUT2D eigenvalue weighted by Crippen LogP contribution is 2.42. The Kier molecular flexibility index (Phi) is 2.59. The molecule has 0 aliphatic heterocycles. The molecule has 0 N–H and O–H groups in total. The number of fused-ring (bicyclic) bond motifs is 5. The van der Waals surface area contributed by atoms with Gasteiger partial charge in [0.05, 0.1) is 9.72 Å². The quantitative estimate of drug-likeness (QED) is 0.335. The summed E-state index contributed by atoms with van der Waals surface area (Å²) in [6.07, 6.45) is 0. The lowest BCUT2D eigenvalue weighted by Crippen LogP contribution is -1.72. The van der Waals surface area contributed by atoms with Crippen LogP contribution in [0.5, 0.6) is 0 Å². The Morgan fingerprint density at radius 3 is 2.58 bits per heavy atom. The van der Waals surface area contributed by atoms with E-state index in [1.54, 1.807) is 11.3 Å². The summed E-state index contributed by atoms with van der Waals surface area (Å²) >= 11 is 11.7. The van der Waals surface area contributed by atoms with Crippen molar-refractivity contribution in [1.29, 1.82) is 0 Å². The fraction of sp³-hybridized carbons (Fsp3) is 0. The van der Waals surface area contributed by atoms with Crippen molar-refractivity contribution in [1.82, 2.24) is 0 Å². The van der Waals surface area contributed by atoms with Crippen LogP contribution >= 0.6 is 38.9 Å². The van der Waals surface area contributed by atoms with E-state index in [2.05, 4.69) is 58.4 Å². The fourth-order valence-corrected chi connectivity index (χ4v) is 4.68. The monoisotopic (exact) mass is 346 g/mol. The van der Waals surface area contributed by atoms with Crippen molar-refractivity contribution in [2.24, 2.45) is 0 Å². The Balaban J connectivity index is 2.31. The molecule has 1 aromatic heterocycles. The van der Waals surface area contributed by atoms with Crippen molar-refractivity contribution in [2.75, 3.05) is 0 Å². The van der Waals surface area contributed by atoms with Gasteiger partial charge in [-0.2, -0.15) is 0 Å². The van der Waals surface area contributed by atoms with Gasteiger partial charge in [0.2, 0.25) is 0 Å². The minimum atomic E-state index is 0.814. The average molecular weight is 348 g/mol. The van der Waals surface area contributed by atoms with Gasteiger partial charge < -0.3 is 0 Å². The van der Waals surface area contributed by atoms with Gasteiger partial charge in [0, 0.05) is 19.9 Å². The average Bonchev–Trinajstić information content (AvgIpc) is 2.78. The molecule has 4 rings (SSSR count). The van der Waals surface area contributed by atoms with Gasteiger partial charge in [-0.1, -0.05) is 63.9 Å². The summed E-state index contributed by atoms with van der Waals surface area (Å²) in [6.45, 7) is 0. The number of hydrogen-bond acceptors (Lipinski definition) is 1. The molecule has 0 amide bonds. The van der Waals surface area contributed by atoms with Crippen LogP contribution in [0.2, 0.25) is 5.02 Å². The lowest BCUT2D eigenvalue weighted by molar-refractivity contribution is 1.77. The molecule has 0 spiro atoms. The van der Waals surface area contributed by atoms with E-state index in [-0.39, 0.29) is 0 Å². The third-order valence-electron chi connectivity index (χ3n) is 3.38. The SMILES string of the molecule is Clc1cc(Br)cc2c1sc1c3ccccc3ccc21. The molecule has 0 atom stereocenters. The normalized spacial score (nSPS) is 11.7. The summed E-state index contributed by atoms with van der Waals surface area (Å²) in [7, 11) is 0. The predicted octanol–water partition coefficient (Wildman–Crippen LogP) is 6.62. The van der Waals surface area contributed by atoms with E-state index < -0.39 is 0 Å². The highest BCUT2D eigenvalue weighted by molar-refractivity contribution is 9.10. The van der Waals surface area contributed by atoms with E-state index in [9.17, 15) is 0 Å².